The number of halogens is 1. The summed E-state index contributed by atoms with van der Waals surface area (Å²) in [5.74, 6) is 1.02. The van der Waals surface area contributed by atoms with E-state index in [9.17, 15) is 0 Å². The predicted octanol–water partition coefficient (Wildman–Crippen LogP) is 4.49. The first-order valence-corrected chi connectivity index (χ1v) is 7.34. The standard InChI is InChI=1S/C13H18ClNS/c14-13-8-11(15)7-6-10(13)9-16-12-4-2-1-3-5-12/h6-8,12H,1-5,9,15H2. The minimum Gasteiger partial charge on any atom is -0.399 e. The van der Waals surface area contributed by atoms with Crippen molar-refractivity contribution >= 4 is 29.1 Å². The van der Waals surface area contributed by atoms with Crippen LogP contribution in [0.25, 0.3) is 0 Å². The van der Waals surface area contributed by atoms with E-state index in [1.807, 2.05) is 30.0 Å². The number of hydrogen-bond donors (Lipinski definition) is 1. The number of benzene rings is 1. The second-order valence-corrected chi connectivity index (χ2v) is 6.12. The minimum absolute atomic E-state index is 0.747. The molecule has 1 aliphatic carbocycles. The highest BCUT2D eigenvalue weighted by Gasteiger charge is 2.14. The molecule has 16 heavy (non-hydrogen) atoms. The molecule has 0 amide bonds. The van der Waals surface area contributed by atoms with Gasteiger partial charge in [0.2, 0.25) is 0 Å². The Bertz CT molecular complexity index is 348. The number of hydrogen-bond acceptors (Lipinski definition) is 2. The monoisotopic (exact) mass is 255 g/mol. The number of nitrogens with two attached hydrogens (primary N) is 1. The van der Waals surface area contributed by atoms with Crippen LogP contribution in [-0.4, -0.2) is 5.25 Å². The third kappa shape index (κ3) is 3.33. The van der Waals surface area contributed by atoms with Crippen LogP contribution in [0.15, 0.2) is 18.2 Å². The lowest BCUT2D eigenvalue weighted by Gasteiger charge is -2.21. The molecule has 88 valence electrons. The summed E-state index contributed by atoms with van der Waals surface area (Å²) in [6.45, 7) is 0. The van der Waals surface area contributed by atoms with Gasteiger partial charge < -0.3 is 5.73 Å². The van der Waals surface area contributed by atoms with E-state index in [2.05, 4.69) is 0 Å². The topological polar surface area (TPSA) is 26.0 Å². The largest absolute Gasteiger partial charge is 0.399 e. The summed E-state index contributed by atoms with van der Waals surface area (Å²) in [7, 11) is 0. The quantitative estimate of drug-likeness (QED) is 0.806. The molecule has 0 heterocycles. The van der Waals surface area contributed by atoms with Crippen molar-refractivity contribution < 1.29 is 0 Å². The molecule has 1 aromatic carbocycles. The molecule has 0 atom stereocenters. The van der Waals surface area contributed by atoms with Gasteiger partial charge in [-0.25, -0.2) is 0 Å². The highest BCUT2D eigenvalue weighted by Crippen LogP contribution is 2.32. The van der Waals surface area contributed by atoms with Crippen LogP contribution < -0.4 is 5.73 Å². The van der Waals surface area contributed by atoms with Crippen LogP contribution in [0.2, 0.25) is 5.02 Å². The fourth-order valence-corrected chi connectivity index (χ4v) is 3.79. The van der Waals surface area contributed by atoms with Gasteiger partial charge in [0.15, 0.2) is 0 Å². The van der Waals surface area contributed by atoms with Gasteiger partial charge in [-0.1, -0.05) is 36.9 Å². The third-order valence-corrected chi connectivity index (χ3v) is 4.88. The molecule has 0 aliphatic heterocycles. The van der Waals surface area contributed by atoms with Crippen LogP contribution in [-0.2, 0) is 5.75 Å². The Balaban J connectivity index is 1.88. The normalized spacial score (nSPS) is 17.6. The van der Waals surface area contributed by atoms with Crippen LogP contribution in [0.5, 0.6) is 0 Å². The van der Waals surface area contributed by atoms with Gasteiger partial charge >= 0.3 is 0 Å². The second kappa shape index (κ2) is 5.83. The molecule has 1 aromatic rings. The summed E-state index contributed by atoms with van der Waals surface area (Å²) in [6, 6.07) is 5.83. The van der Waals surface area contributed by atoms with Gasteiger partial charge in [0.05, 0.1) is 0 Å². The van der Waals surface area contributed by atoms with Gasteiger partial charge in [-0.2, -0.15) is 11.8 Å². The van der Waals surface area contributed by atoms with Crippen molar-refractivity contribution in [1.29, 1.82) is 0 Å². The summed E-state index contributed by atoms with van der Waals surface area (Å²) in [5, 5.41) is 1.64. The Morgan fingerprint density at radius 1 is 1.25 bits per heavy atom. The van der Waals surface area contributed by atoms with Crippen molar-refractivity contribution in [1.82, 2.24) is 0 Å². The van der Waals surface area contributed by atoms with Crippen molar-refractivity contribution in [2.45, 2.75) is 43.1 Å². The number of thioether (sulfide) groups is 1. The highest BCUT2D eigenvalue weighted by atomic mass is 35.5. The smallest absolute Gasteiger partial charge is 0.0466 e. The van der Waals surface area contributed by atoms with Crippen LogP contribution in [0.1, 0.15) is 37.7 Å². The molecule has 3 heteroatoms. The third-order valence-electron chi connectivity index (χ3n) is 3.10. The first-order chi connectivity index (χ1) is 7.75. The van der Waals surface area contributed by atoms with Crippen molar-refractivity contribution in [3.63, 3.8) is 0 Å². The molecule has 1 aliphatic rings. The lowest BCUT2D eigenvalue weighted by molar-refractivity contribution is 0.516. The summed E-state index contributed by atoms with van der Waals surface area (Å²) in [5.41, 5.74) is 7.64. The highest BCUT2D eigenvalue weighted by molar-refractivity contribution is 7.99. The van der Waals surface area contributed by atoms with E-state index in [-0.39, 0.29) is 0 Å². The van der Waals surface area contributed by atoms with Crippen molar-refractivity contribution in [3.8, 4) is 0 Å². The fourth-order valence-electron chi connectivity index (χ4n) is 2.12. The maximum absolute atomic E-state index is 6.15. The molecule has 1 fully saturated rings. The molecule has 2 rings (SSSR count). The van der Waals surface area contributed by atoms with E-state index in [1.54, 1.807) is 0 Å². The van der Waals surface area contributed by atoms with Crippen LogP contribution in [0, 0.1) is 0 Å². The lowest BCUT2D eigenvalue weighted by Crippen LogP contribution is -2.08. The SMILES string of the molecule is Nc1ccc(CSC2CCCCC2)c(Cl)c1. The molecular formula is C13H18ClNS. The molecule has 0 bridgehead atoms. The van der Waals surface area contributed by atoms with E-state index in [4.69, 9.17) is 17.3 Å². The zero-order chi connectivity index (χ0) is 11.4. The second-order valence-electron chi connectivity index (χ2n) is 4.42. The molecule has 2 N–H and O–H groups in total. The van der Waals surface area contributed by atoms with E-state index < -0.39 is 0 Å². The summed E-state index contributed by atoms with van der Waals surface area (Å²) >= 11 is 8.20. The van der Waals surface area contributed by atoms with Gasteiger partial charge in [0, 0.05) is 21.7 Å². The first kappa shape index (κ1) is 12.1. The molecule has 0 aromatic heterocycles. The lowest BCUT2D eigenvalue weighted by atomic mass is 10.0. The van der Waals surface area contributed by atoms with Gasteiger partial charge in [0.25, 0.3) is 0 Å². The average Bonchev–Trinajstić information content (AvgIpc) is 2.29. The molecule has 0 saturated heterocycles. The van der Waals surface area contributed by atoms with Crippen molar-refractivity contribution in [3.05, 3.63) is 28.8 Å². The maximum Gasteiger partial charge on any atom is 0.0466 e. The van der Waals surface area contributed by atoms with E-state index in [1.165, 1.54) is 37.7 Å². The molecule has 1 saturated carbocycles. The van der Waals surface area contributed by atoms with Gasteiger partial charge in [0.1, 0.15) is 0 Å². The van der Waals surface area contributed by atoms with Crippen molar-refractivity contribution in [2.24, 2.45) is 0 Å². The molecule has 0 radical (unpaired) electrons. The molecule has 0 spiro atoms. The van der Waals surface area contributed by atoms with Crippen LogP contribution in [0.3, 0.4) is 0 Å². The summed E-state index contributed by atoms with van der Waals surface area (Å²) < 4.78 is 0. The van der Waals surface area contributed by atoms with E-state index in [0.29, 0.717) is 0 Å². The Morgan fingerprint density at radius 3 is 2.69 bits per heavy atom. The maximum atomic E-state index is 6.15. The Hall–Kier alpha value is -0.340. The first-order valence-electron chi connectivity index (χ1n) is 5.91. The molecule has 0 unspecified atom stereocenters. The van der Waals surface area contributed by atoms with E-state index in [0.717, 1.165) is 21.7 Å². The zero-order valence-corrected chi connectivity index (χ0v) is 11.0. The van der Waals surface area contributed by atoms with Gasteiger partial charge in [-0.3, -0.25) is 0 Å². The van der Waals surface area contributed by atoms with Gasteiger partial charge in [-0.05, 0) is 30.5 Å². The number of rotatable bonds is 3. The van der Waals surface area contributed by atoms with Crippen molar-refractivity contribution in [2.75, 3.05) is 5.73 Å². The Kier molecular flexibility index (Phi) is 4.42. The predicted molar refractivity (Wildman–Crippen MR) is 74.0 cm³/mol. The summed E-state index contributed by atoms with van der Waals surface area (Å²) in [6.07, 6.45) is 6.95. The minimum atomic E-state index is 0.747. The zero-order valence-electron chi connectivity index (χ0n) is 9.42. The average molecular weight is 256 g/mol. The van der Waals surface area contributed by atoms with E-state index >= 15 is 0 Å². The van der Waals surface area contributed by atoms with Crippen LogP contribution >= 0.6 is 23.4 Å². The molecular weight excluding hydrogens is 238 g/mol. The van der Waals surface area contributed by atoms with Gasteiger partial charge in [-0.15, -0.1) is 0 Å². The molecule has 1 nitrogen and oxygen atoms in total. The number of anilines is 1. The Morgan fingerprint density at radius 2 is 2.00 bits per heavy atom. The van der Waals surface area contributed by atoms with Crippen LogP contribution in [0.4, 0.5) is 5.69 Å². The Labute approximate surface area is 107 Å². The summed E-state index contributed by atoms with van der Waals surface area (Å²) in [4.78, 5) is 0. The fraction of sp³-hybridized carbons (Fsp3) is 0.538. The number of nitrogen functional groups attached to an aromatic ring is 1.